The zero-order valence-corrected chi connectivity index (χ0v) is 17.3. The first-order valence-electron chi connectivity index (χ1n) is 9.04. The van der Waals surface area contributed by atoms with E-state index in [-0.39, 0.29) is 0 Å². The molecular formula is C24H29P. The van der Waals surface area contributed by atoms with Gasteiger partial charge in [-0.1, -0.05) is 0 Å². The summed E-state index contributed by atoms with van der Waals surface area (Å²) in [5, 5.41) is 4.53. The Bertz CT molecular complexity index is 829. The molecule has 0 heterocycles. The Morgan fingerprint density at radius 1 is 0.560 bits per heavy atom. The molecule has 0 radical (unpaired) electrons. The third-order valence-electron chi connectivity index (χ3n) is 5.28. The van der Waals surface area contributed by atoms with Gasteiger partial charge in [-0.25, -0.2) is 0 Å². The Morgan fingerprint density at radius 2 is 0.960 bits per heavy atom. The molecule has 25 heavy (non-hydrogen) atoms. The normalized spacial score (nSPS) is 12.2. The van der Waals surface area contributed by atoms with Gasteiger partial charge in [0.15, 0.2) is 0 Å². The van der Waals surface area contributed by atoms with Crippen molar-refractivity contribution in [3.05, 3.63) is 88.5 Å². The van der Waals surface area contributed by atoms with Crippen LogP contribution in [0.4, 0.5) is 0 Å². The minimum atomic E-state index is -2.05. The minimum absolute atomic E-state index is 1.35. The fraction of sp³-hybridized carbons (Fsp3) is 0.250. The van der Waals surface area contributed by atoms with Crippen molar-refractivity contribution in [2.24, 2.45) is 0 Å². The van der Waals surface area contributed by atoms with E-state index in [1.165, 1.54) is 43.7 Å². The topological polar surface area (TPSA) is 0 Å². The first kappa shape index (κ1) is 17.9. The summed E-state index contributed by atoms with van der Waals surface area (Å²) in [6, 6.07) is 23.1. The van der Waals surface area contributed by atoms with Crippen molar-refractivity contribution in [3.8, 4) is 0 Å². The summed E-state index contributed by atoms with van der Waals surface area (Å²) in [5.41, 5.74) is 6.81. The number of benzene rings is 3. The van der Waals surface area contributed by atoms with Crippen molar-refractivity contribution in [2.45, 2.75) is 34.6 Å². The van der Waals surface area contributed by atoms with Crippen LogP contribution in [0, 0.1) is 34.6 Å². The fourth-order valence-electron chi connectivity index (χ4n) is 4.14. The van der Waals surface area contributed by atoms with Gasteiger partial charge in [0.1, 0.15) is 0 Å². The molecule has 0 aromatic heterocycles. The monoisotopic (exact) mass is 348 g/mol. The molecule has 0 aliphatic carbocycles. The number of rotatable bonds is 3. The quantitative estimate of drug-likeness (QED) is 0.592. The molecule has 3 rings (SSSR count). The van der Waals surface area contributed by atoms with Gasteiger partial charge in [0.05, 0.1) is 0 Å². The van der Waals surface area contributed by atoms with E-state index in [1.54, 1.807) is 0 Å². The van der Waals surface area contributed by atoms with Crippen LogP contribution in [0.5, 0.6) is 0 Å². The standard InChI is InChI=1S/C24H29P/c1-17-11-18(2)14-22(13-17)25(6,24-10-8-7-9-21(24)5)23-15-19(3)12-20(4)16-23/h7-16,25H,1-6H3. The predicted molar refractivity (Wildman–Crippen MR) is 116 cm³/mol. The molecule has 0 aliphatic rings. The zero-order valence-electron chi connectivity index (χ0n) is 16.3. The molecule has 0 amide bonds. The van der Waals surface area contributed by atoms with Gasteiger partial charge < -0.3 is 0 Å². The van der Waals surface area contributed by atoms with Crippen LogP contribution in [0.25, 0.3) is 0 Å². The molecule has 0 aliphatic heterocycles. The molecule has 0 atom stereocenters. The first-order valence-corrected chi connectivity index (χ1v) is 11.5. The van der Waals surface area contributed by atoms with Crippen LogP contribution in [0.2, 0.25) is 0 Å². The van der Waals surface area contributed by atoms with E-state index in [0.29, 0.717) is 0 Å². The second kappa shape index (κ2) is 6.77. The Morgan fingerprint density at radius 3 is 1.36 bits per heavy atom. The third-order valence-corrected chi connectivity index (χ3v) is 9.81. The molecule has 0 spiro atoms. The summed E-state index contributed by atoms with van der Waals surface area (Å²) in [7, 11) is -2.05. The van der Waals surface area contributed by atoms with Crippen LogP contribution < -0.4 is 15.9 Å². The molecule has 0 saturated carbocycles. The summed E-state index contributed by atoms with van der Waals surface area (Å²) in [6.45, 7) is 13.6. The molecule has 1 heteroatoms. The third kappa shape index (κ3) is 3.42. The van der Waals surface area contributed by atoms with Gasteiger partial charge in [-0.2, -0.15) is 0 Å². The van der Waals surface area contributed by atoms with Crippen molar-refractivity contribution >= 4 is 23.2 Å². The van der Waals surface area contributed by atoms with E-state index in [4.69, 9.17) is 0 Å². The molecule has 130 valence electrons. The number of aryl methyl sites for hydroxylation is 5. The van der Waals surface area contributed by atoms with Crippen LogP contribution in [0.1, 0.15) is 27.8 Å². The number of hydrogen-bond donors (Lipinski definition) is 0. The van der Waals surface area contributed by atoms with E-state index < -0.39 is 7.26 Å². The number of hydrogen-bond acceptors (Lipinski definition) is 0. The summed E-state index contributed by atoms with van der Waals surface area (Å²) >= 11 is 0. The van der Waals surface area contributed by atoms with E-state index in [9.17, 15) is 0 Å². The molecule has 0 saturated heterocycles. The average molecular weight is 348 g/mol. The predicted octanol–water partition coefficient (Wildman–Crippen LogP) is 4.88. The molecule has 3 aromatic rings. The molecular weight excluding hydrogens is 319 g/mol. The summed E-state index contributed by atoms with van der Waals surface area (Å²) in [4.78, 5) is 0. The maximum atomic E-state index is 2.51. The average Bonchev–Trinajstić information content (AvgIpc) is 2.52. The van der Waals surface area contributed by atoms with Gasteiger partial charge in [0.25, 0.3) is 0 Å². The van der Waals surface area contributed by atoms with Crippen LogP contribution in [-0.4, -0.2) is 6.66 Å². The van der Waals surface area contributed by atoms with Crippen molar-refractivity contribution in [2.75, 3.05) is 6.66 Å². The fourth-order valence-corrected chi connectivity index (χ4v) is 8.46. The van der Waals surface area contributed by atoms with E-state index >= 15 is 0 Å². The Balaban J connectivity index is 2.37. The maximum absolute atomic E-state index is 2.51. The summed E-state index contributed by atoms with van der Waals surface area (Å²) in [5.74, 6) is 0. The van der Waals surface area contributed by atoms with Crippen molar-refractivity contribution in [3.63, 3.8) is 0 Å². The van der Waals surface area contributed by atoms with Crippen LogP contribution in [0.3, 0.4) is 0 Å². The molecule has 0 fully saturated rings. The Hall–Kier alpha value is -1.91. The van der Waals surface area contributed by atoms with E-state index in [2.05, 4.69) is 102 Å². The van der Waals surface area contributed by atoms with Gasteiger partial charge in [0, 0.05) is 0 Å². The van der Waals surface area contributed by atoms with Crippen LogP contribution in [-0.2, 0) is 0 Å². The molecule has 0 bridgehead atoms. The first-order chi connectivity index (χ1) is 11.8. The van der Waals surface area contributed by atoms with E-state index in [1.807, 2.05) is 0 Å². The van der Waals surface area contributed by atoms with Gasteiger partial charge >= 0.3 is 153 Å². The van der Waals surface area contributed by atoms with Crippen molar-refractivity contribution in [1.82, 2.24) is 0 Å². The Kier molecular flexibility index (Phi) is 4.85. The van der Waals surface area contributed by atoms with Gasteiger partial charge in [-0.3, -0.25) is 0 Å². The second-order valence-corrected chi connectivity index (χ2v) is 11.6. The van der Waals surface area contributed by atoms with Gasteiger partial charge in [0.2, 0.25) is 0 Å². The molecule has 0 nitrogen and oxygen atoms in total. The molecule has 0 unspecified atom stereocenters. The van der Waals surface area contributed by atoms with Gasteiger partial charge in [-0.05, 0) is 0 Å². The van der Waals surface area contributed by atoms with Gasteiger partial charge in [-0.15, -0.1) is 0 Å². The second-order valence-electron chi connectivity index (χ2n) is 7.69. The molecule has 3 aromatic carbocycles. The van der Waals surface area contributed by atoms with Crippen LogP contribution in [0.15, 0.2) is 60.7 Å². The van der Waals surface area contributed by atoms with Crippen LogP contribution >= 0.6 is 7.26 Å². The van der Waals surface area contributed by atoms with E-state index in [0.717, 1.165) is 0 Å². The van der Waals surface area contributed by atoms with Crippen molar-refractivity contribution in [1.29, 1.82) is 0 Å². The summed E-state index contributed by atoms with van der Waals surface area (Å²) < 4.78 is 0. The summed E-state index contributed by atoms with van der Waals surface area (Å²) in [6.07, 6.45) is 0. The Labute approximate surface area is 153 Å². The molecule has 0 N–H and O–H groups in total. The zero-order chi connectivity index (χ0) is 18.2. The van der Waals surface area contributed by atoms with Crippen molar-refractivity contribution < 1.29 is 0 Å². The SMILES string of the molecule is Cc1cc(C)cc([PH](C)(c2cc(C)cc(C)c2)c2ccccc2C)c1.